The van der Waals surface area contributed by atoms with E-state index in [1.165, 1.54) is 0 Å². The van der Waals surface area contributed by atoms with Gasteiger partial charge in [0.05, 0.1) is 12.1 Å². The highest BCUT2D eigenvalue weighted by Crippen LogP contribution is 2.08. The Morgan fingerprint density at radius 3 is 2.27 bits per heavy atom. The van der Waals surface area contributed by atoms with E-state index in [2.05, 4.69) is 44.8 Å². The number of likely N-dealkylation sites (N-methyl/N-ethyl adjacent to an activating group) is 2. The number of rotatable bonds is 8. The zero-order valence-electron chi connectivity index (χ0n) is 11.0. The van der Waals surface area contributed by atoms with Crippen molar-refractivity contribution in [3.63, 3.8) is 0 Å². The zero-order chi connectivity index (χ0) is 11.9. The first-order chi connectivity index (χ1) is 6.97. The minimum atomic E-state index is -0.167. The monoisotopic (exact) mass is 216 g/mol. The highest BCUT2D eigenvalue weighted by atomic mass is 16.3. The van der Waals surface area contributed by atoms with Crippen molar-refractivity contribution in [2.75, 3.05) is 32.8 Å². The largest absolute Gasteiger partial charge is 0.394 e. The highest BCUT2D eigenvalue weighted by Gasteiger charge is 2.24. The van der Waals surface area contributed by atoms with Crippen molar-refractivity contribution in [1.82, 2.24) is 10.2 Å². The second kappa shape index (κ2) is 7.20. The van der Waals surface area contributed by atoms with Crippen molar-refractivity contribution >= 4 is 0 Å². The predicted molar refractivity (Wildman–Crippen MR) is 66.1 cm³/mol. The number of aliphatic hydroxyl groups excluding tert-OH is 1. The van der Waals surface area contributed by atoms with Crippen molar-refractivity contribution in [2.24, 2.45) is 5.92 Å². The summed E-state index contributed by atoms with van der Waals surface area (Å²) in [5, 5.41) is 12.8. The van der Waals surface area contributed by atoms with E-state index >= 15 is 0 Å². The first-order valence-electron chi connectivity index (χ1n) is 6.05. The maximum absolute atomic E-state index is 9.41. The van der Waals surface area contributed by atoms with Crippen LogP contribution in [0.2, 0.25) is 0 Å². The van der Waals surface area contributed by atoms with Gasteiger partial charge in [0.2, 0.25) is 0 Å². The lowest BCUT2D eigenvalue weighted by molar-refractivity contribution is 0.117. The lowest BCUT2D eigenvalue weighted by Crippen LogP contribution is -2.54. The third kappa shape index (κ3) is 6.13. The van der Waals surface area contributed by atoms with E-state index in [9.17, 15) is 5.11 Å². The quantitative estimate of drug-likeness (QED) is 0.642. The molecule has 15 heavy (non-hydrogen) atoms. The molecule has 0 saturated carbocycles. The van der Waals surface area contributed by atoms with E-state index < -0.39 is 0 Å². The van der Waals surface area contributed by atoms with Crippen LogP contribution in [0, 0.1) is 5.92 Å². The lowest BCUT2D eigenvalue weighted by atomic mass is 10.0. The Bertz CT molecular complexity index is 162. The molecule has 0 bridgehead atoms. The van der Waals surface area contributed by atoms with Crippen LogP contribution >= 0.6 is 0 Å². The van der Waals surface area contributed by atoms with Crippen molar-refractivity contribution in [1.29, 1.82) is 0 Å². The van der Waals surface area contributed by atoms with E-state index in [0.29, 0.717) is 5.92 Å². The molecule has 0 aliphatic carbocycles. The summed E-state index contributed by atoms with van der Waals surface area (Å²) in [5.41, 5.74) is -0.167. The fourth-order valence-electron chi connectivity index (χ4n) is 1.90. The van der Waals surface area contributed by atoms with Crippen LogP contribution in [0.25, 0.3) is 0 Å². The van der Waals surface area contributed by atoms with Gasteiger partial charge in [0.1, 0.15) is 0 Å². The second-order valence-electron chi connectivity index (χ2n) is 4.97. The molecule has 3 heteroatoms. The Morgan fingerprint density at radius 2 is 1.93 bits per heavy atom. The number of hydrogen-bond donors (Lipinski definition) is 2. The minimum Gasteiger partial charge on any atom is -0.394 e. The molecule has 0 heterocycles. The fraction of sp³-hybridized carbons (Fsp3) is 1.00. The van der Waals surface area contributed by atoms with Crippen LogP contribution < -0.4 is 5.32 Å². The first-order valence-corrected chi connectivity index (χ1v) is 6.05. The van der Waals surface area contributed by atoms with Crippen LogP contribution in [0.1, 0.15) is 34.6 Å². The highest BCUT2D eigenvalue weighted by molar-refractivity contribution is 4.85. The van der Waals surface area contributed by atoms with Crippen LogP contribution in [-0.4, -0.2) is 48.3 Å². The predicted octanol–water partition coefficient (Wildman–Crippen LogP) is 1.32. The molecule has 2 N–H and O–H groups in total. The average Bonchev–Trinajstić information content (AvgIpc) is 2.16. The average molecular weight is 216 g/mol. The normalized spacial score (nSPS) is 16.0. The summed E-state index contributed by atoms with van der Waals surface area (Å²) in [7, 11) is 0. The lowest BCUT2D eigenvalue weighted by Gasteiger charge is -2.35. The first kappa shape index (κ1) is 14.9. The van der Waals surface area contributed by atoms with E-state index in [-0.39, 0.29) is 12.1 Å². The summed E-state index contributed by atoms with van der Waals surface area (Å²) in [6, 6.07) is 0. The van der Waals surface area contributed by atoms with Gasteiger partial charge in [-0.25, -0.2) is 0 Å². The van der Waals surface area contributed by atoms with Gasteiger partial charge in [-0.15, -0.1) is 0 Å². The molecule has 0 rings (SSSR count). The van der Waals surface area contributed by atoms with Crippen LogP contribution in [0.15, 0.2) is 0 Å². The van der Waals surface area contributed by atoms with Crippen LogP contribution in [0.5, 0.6) is 0 Å². The maximum Gasteiger partial charge on any atom is 0.0623 e. The third-order valence-corrected chi connectivity index (χ3v) is 2.60. The van der Waals surface area contributed by atoms with Gasteiger partial charge >= 0.3 is 0 Å². The Labute approximate surface area is 94.9 Å². The maximum atomic E-state index is 9.41. The molecular weight excluding hydrogens is 188 g/mol. The van der Waals surface area contributed by atoms with Crippen molar-refractivity contribution in [2.45, 2.75) is 40.2 Å². The van der Waals surface area contributed by atoms with E-state index in [0.717, 1.165) is 26.2 Å². The Hall–Kier alpha value is -0.120. The van der Waals surface area contributed by atoms with Crippen molar-refractivity contribution in [3.8, 4) is 0 Å². The number of nitrogens with zero attached hydrogens (tertiary/aromatic N) is 1. The zero-order valence-corrected chi connectivity index (χ0v) is 11.0. The van der Waals surface area contributed by atoms with Gasteiger partial charge in [-0.2, -0.15) is 0 Å². The van der Waals surface area contributed by atoms with Crippen LogP contribution in [-0.2, 0) is 0 Å². The molecule has 1 unspecified atom stereocenters. The standard InChI is InChI=1S/C12H28N2O/c1-6-13-12(5,10-15)9-14(7-2)8-11(3)4/h11,13,15H,6-10H2,1-5H3. The molecule has 0 spiro atoms. The van der Waals surface area contributed by atoms with Gasteiger partial charge in [0.15, 0.2) is 0 Å². The molecule has 0 radical (unpaired) electrons. The summed E-state index contributed by atoms with van der Waals surface area (Å²) in [4.78, 5) is 2.39. The molecule has 0 aromatic rings. The van der Waals surface area contributed by atoms with E-state index in [1.54, 1.807) is 0 Å². The molecule has 0 amide bonds. The Kier molecular flexibility index (Phi) is 7.14. The molecule has 92 valence electrons. The summed E-state index contributed by atoms with van der Waals surface area (Å²) < 4.78 is 0. The van der Waals surface area contributed by atoms with Gasteiger partial charge < -0.3 is 15.3 Å². The summed E-state index contributed by atoms with van der Waals surface area (Å²) >= 11 is 0. The molecule has 0 aromatic heterocycles. The van der Waals surface area contributed by atoms with Gasteiger partial charge in [0.25, 0.3) is 0 Å². The second-order valence-corrected chi connectivity index (χ2v) is 4.97. The van der Waals surface area contributed by atoms with Crippen LogP contribution in [0.4, 0.5) is 0 Å². The Morgan fingerprint density at radius 1 is 1.33 bits per heavy atom. The minimum absolute atomic E-state index is 0.167. The molecular formula is C12H28N2O. The summed E-state index contributed by atoms with van der Waals surface area (Å²) in [6.07, 6.45) is 0. The SMILES string of the molecule is CCNC(C)(CO)CN(CC)CC(C)C. The topological polar surface area (TPSA) is 35.5 Å². The van der Waals surface area contributed by atoms with Gasteiger partial charge in [-0.3, -0.25) is 0 Å². The molecule has 0 saturated heterocycles. The molecule has 0 aliphatic heterocycles. The molecule has 0 aliphatic rings. The van der Waals surface area contributed by atoms with Crippen molar-refractivity contribution < 1.29 is 5.11 Å². The van der Waals surface area contributed by atoms with Crippen LogP contribution in [0.3, 0.4) is 0 Å². The van der Waals surface area contributed by atoms with Crippen molar-refractivity contribution in [3.05, 3.63) is 0 Å². The van der Waals surface area contributed by atoms with E-state index in [4.69, 9.17) is 0 Å². The number of nitrogens with one attached hydrogen (secondary N) is 1. The molecule has 0 aromatic carbocycles. The number of aliphatic hydroxyl groups is 1. The molecule has 3 nitrogen and oxygen atoms in total. The van der Waals surface area contributed by atoms with E-state index in [1.807, 2.05) is 0 Å². The van der Waals surface area contributed by atoms with Gasteiger partial charge in [0, 0.05) is 13.1 Å². The smallest absolute Gasteiger partial charge is 0.0623 e. The molecule has 0 fully saturated rings. The van der Waals surface area contributed by atoms with Gasteiger partial charge in [-0.05, 0) is 25.9 Å². The third-order valence-electron chi connectivity index (χ3n) is 2.60. The fourth-order valence-corrected chi connectivity index (χ4v) is 1.90. The number of hydrogen-bond acceptors (Lipinski definition) is 3. The summed E-state index contributed by atoms with van der Waals surface area (Å²) in [6.45, 7) is 14.9. The summed E-state index contributed by atoms with van der Waals surface area (Å²) in [5.74, 6) is 0.675. The molecule has 1 atom stereocenters. The Balaban J connectivity index is 4.22. The van der Waals surface area contributed by atoms with Gasteiger partial charge in [-0.1, -0.05) is 27.7 Å².